The molecule has 0 unspecified atom stereocenters. The summed E-state index contributed by atoms with van der Waals surface area (Å²) in [6.45, 7) is 7.30. The first-order chi connectivity index (χ1) is 16.6. The maximum absolute atomic E-state index is 12.3. The van der Waals surface area contributed by atoms with Crippen LogP contribution in [-0.4, -0.2) is 54.5 Å². The number of ether oxygens (including phenoxy) is 1. The van der Waals surface area contributed by atoms with Gasteiger partial charge in [-0.15, -0.1) is 0 Å². The number of hydrogen-bond donors (Lipinski definition) is 1. The summed E-state index contributed by atoms with van der Waals surface area (Å²) in [7, 11) is 0. The fraction of sp³-hybridized carbons (Fsp3) is 0.481. The van der Waals surface area contributed by atoms with Crippen LogP contribution in [0, 0.1) is 11.3 Å². The predicted octanol–water partition coefficient (Wildman–Crippen LogP) is 3.85. The second-order valence-corrected chi connectivity index (χ2v) is 9.91. The quantitative estimate of drug-likeness (QED) is 0.707. The summed E-state index contributed by atoms with van der Waals surface area (Å²) in [6, 6.07) is 12.5. The van der Waals surface area contributed by atoms with E-state index in [9.17, 15) is 10.1 Å². The van der Waals surface area contributed by atoms with Crippen LogP contribution in [0.4, 0.5) is 0 Å². The smallest absolute Gasteiger partial charge is 0.222 e. The molecular weight excluding hydrogens is 448 g/mol. The monoisotopic (exact) mass is 478 g/mol. The van der Waals surface area contributed by atoms with E-state index in [0.717, 1.165) is 68.9 Å². The SMILES string of the molecule is CCCC(=O)N1CCc2cc(O[C@H]3c4cc(Cl)cc(C#N)c4C[C@@H]3N3CCNCC3)ccc2C1. The lowest BCUT2D eigenvalue weighted by Gasteiger charge is -2.36. The molecule has 2 aromatic carbocycles. The van der Waals surface area contributed by atoms with E-state index >= 15 is 0 Å². The van der Waals surface area contributed by atoms with Gasteiger partial charge in [0.25, 0.3) is 0 Å². The molecule has 5 rings (SSSR count). The van der Waals surface area contributed by atoms with Gasteiger partial charge in [-0.3, -0.25) is 9.69 Å². The van der Waals surface area contributed by atoms with Gasteiger partial charge in [0, 0.05) is 50.7 Å². The number of halogens is 1. The van der Waals surface area contributed by atoms with Crippen molar-refractivity contribution in [3.05, 3.63) is 63.2 Å². The van der Waals surface area contributed by atoms with Crippen LogP contribution in [0.3, 0.4) is 0 Å². The molecule has 0 aromatic heterocycles. The second-order valence-electron chi connectivity index (χ2n) is 9.47. The minimum atomic E-state index is -0.178. The van der Waals surface area contributed by atoms with Gasteiger partial charge in [0.15, 0.2) is 0 Å². The zero-order valence-electron chi connectivity index (χ0n) is 19.6. The Balaban J connectivity index is 1.42. The van der Waals surface area contributed by atoms with Crippen molar-refractivity contribution in [1.29, 1.82) is 5.26 Å². The fourth-order valence-electron chi connectivity index (χ4n) is 5.57. The average molecular weight is 479 g/mol. The van der Waals surface area contributed by atoms with Gasteiger partial charge < -0.3 is 15.0 Å². The molecule has 178 valence electrons. The molecule has 1 aliphatic carbocycles. The number of rotatable bonds is 5. The van der Waals surface area contributed by atoms with Gasteiger partial charge in [-0.1, -0.05) is 24.6 Å². The van der Waals surface area contributed by atoms with Crippen molar-refractivity contribution in [1.82, 2.24) is 15.1 Å². The van der Waals surface area contributed by atoms with Crippen molar-refractivity contribution in [2.24, 2.45) is 0 Å². The van der Waals surface area contributed by atoms with Gasteiger partial charge in [0.05, 0.1) is 17.7 Å². The zero-order valence-corrected chi connectivity index (χ0v) is 20.4. The van der Waals surface area contributed by atoms with Crippen LogP contribution < -0.4 is 10.1 Å². The number of amides is 1. The van der Waals surface area contributed by atoms with Crippen molar-refractivity contribution in [3.8, 4) is 11.8 Å². The van der Waals surface area contributed by atoms with E-state index in [4.69, 9.17) is 16.3 Å². The lowest BCUT2D eigenvalue weighted by molar-refractivity contribution is -0.132. The maximum atomic E-state index is 12.3. The number of hydrogen-bond acceptors (Lipinski definition) is 5. The average Bonchev–Trinajstić information content (AvgIpc) is 3.21. The first-order valence-corrected chi connectivity index (χ1v) is 12.7. The Morgan fingerprint density at radius 2 is 2.03 bits per heavy atom. The fourth-order valence-corrected chi connectivity index (χ4v) is 5.80. The third-order valence-electron chi connectivity index (χ3n) is 7.33. The Labute approximate surface area is 206 Å². The topological polar surface area (TPSA) is 68.6 Å². The Hall–Kier alpha value is -2.59. The number of nitrogens with one attached hydrogen (secondary N) is 1. The van der Waals surface area contributed by atoms with Gasteiger partial charge in [-0.2, -0.15) is 5.26 Å². The van der Waals surface area contributed by atoms with Crippen molar-refractivity contribution < 1.29 is 9.53 Å². The third kappa shape index (κ3) is 4.53. The molecule has 1 N–H and O–H groups in total. The van der Waals surface area contributed by atoms with E-state index in [-0.39, 0.29) is 18.1 Å². The molecular formula is C27H31ClN4O2. The molecule has 7 heteroatoms. The molecule has 0 saturated carbocycles. The Morgan fingerprint density at radius 3 is 2.79 bits per heavy atom. The summed E-state index contributed by atoms with van der Waals surface area (Å²) in [5.41, 5.74) is 5.18. The number of fused-ring (bicyclic) bond motifs is 2. The van der Waals surface area contributed by atoms with Gasteiger partial charge in [0.2, 0.25) is 5.91 Å². The number of carbonyl (C=O) groups is 1. The van der Waals surface area contributed by atoms with Crippen molar-refractivity contribution in [2.75, 3.05) is 32.7 Å². The van der Waals surface area contributed by atoms with Crippen LogP contribution in [0.15, 0.2) is 30.3 Å². The summed E-state index contributed by atoms with van der Waals surface area (Å²) in [5, 5.41) is 13.7. The normalized spacial score (nSPS) is 22.1. The van der Waals surface area contributed by atoms with Gasteiger partial charge in [0.1, 0.15) is 11.9 Å². The minimum absolute atomic E-state index is 0.167. The van der Waals surface area contributed by atoms with Gasteiger partial charge >= 0.3 is 0 Å². The molecule has 2 aromatic rings. The highest BCUT2D eigenvalue weighted by molar-refractivity contribution is 6.30. The molecule has 34 heavy (non-hydrogen) atoms. The number of piperazine rings is 1. The van der Waals surface area contributed by atoms with Gasteiger partial charge in [-0.25, -0.2) is 0 Å². The summed E-state index contributed by atoms with van der Waals surface area (Å²) in [5.74, 6) is 1.07. The highest BCUT2D eigenvalue weighted by Gasteiger charge is 2.40. The first kappa shape index (κ1) is 23.2. The number of benzene rings is 2. The first-order valence-electron chi connectivity index (χ1n) is 12.3. The predicted molar refractivity (Wildman–Crippen MR) is 132 cm³/mol. The molecule has 1 amide bonds. The largest absolute Gasteiger partial charge is 0.484 e. The minimum Gasteiger partial charge on any atom is -0.484 e. The molecule has 6 nitrogen and oxygen atoms in total. The van der Waals surface area contributed by atoms with Crippen molar-refractivity contribution >= 4 is 17.5 Å². The molecule has 2 heterocycles. The molecule has 0 bridgehead atoms. The van der Waals surface area contributed by atoms with E-state index in [1.807, 2.05) is 24.0 Å². The second kappa shape index (κ2) is 9.95. The molecule has 3 aliphatic rings. The van der Waals surface area contributed by atoms with Crippen LogP contribution in [0.2, 0.25) is 5.02 Å². The van der Waals surface area contributed by atoms with E-state index in [2.05, 4.69) is 28.4 Å². The van der Waals surface area contributed by atoms with E-state index in [1.165, 1.54) is 11.1 Å². The third-order valence-corrected chi connectivity index (χ3v) is 7.55. The van der Waals surface area contributed by atoms with E-state index in [1.54, 1.807) is 6.07 Å². The molecule has 0 radical (unpaired) electrons. The van der Waals surface area contributed by atoms with Crippen molar-refractivity contribution in [2.45, 2.75) is 51.3 Å². The van der Waals surface area contributed by atoms with Crippen LogP contribution in [-0.2, 0) is 24.2 Å². The molecule has 2 atom stereocenters. The van der Waals surface area contributed by atoms with Crippen LogP contribution in [0.25, 0.3) is 0 Å². The summed E-state index contributed by atoms with van der Waals surface area (Å²) < 4.78 is 6.69. The summed E-state index contributed by atoms with van der Waals surface area (Å²) in [4.78, 5) is 16.8. The van der Waals surface area contributed by atoms with Crippen LogP contribution >= 0.6 is 11.6 Å². The van der Waals surface area contributed by atoms with Crippen molar-refractivity contribution in [3.63, 3.8) is 0 Å². The maximum Gasteiger partial charge on any atom is 0.222 e. The Kier molecular flexibility index (Phi) is 6.78. The highest BCUT2D eigenvalue weighted by atomic mass is 35.5. The Morgan fingerprint density at radius 1 is 1.21 bits per heavy atom. The molecule has 1 fully saturated rings. The Bertz CT molecular complexity index is 1120. The molecule has 0 spiro atoms. The summed E-state index contributed by atoms with van der Waals surface area (Å²) >= 11 is 6.40. The zero-order chi connectivity index (χ0) is 23.7. The van der Waals surface area contributed by atoms with E-state index < -0.39 is 0 Å². The number of nitrogens with zero attached hydrogens (tertiary/aromatic N) is 3. The highest BCUT2D eigenvalue weighted by Crippen LogP contribution is 2.41. The standard InChI is InChI=1S/C27H31ClN4O2/c1-2-3-26(33)32-9-6-18-13-22(5-4-19(18)17-32)34-27-24-14-21(28)12-20(16-29)23(24)15-25(27)31-10-7-30-8-11-31/h4-5,12-14,25,27,30H,2-3,6-11,15,17H2,1H3/t25-,27-/m0/s1. The number of carbonyl (C=O) groups excluding carboxylic acids is 1. The molecule has 1 saturated heterocycles. The van der Waals surface area contributed by atoms with Crippen LogP contribution in [0.1, 0.15) is 53.7 Å². The van der Waals surface area contributed by atoms with Gasteiger partial charge in [-0.05, 0) is 65.8 Å². The number of nitriles is 1. The van der Waals surface area contributed by atoms with E-state index in [0.29, 0.717) is 23.6 Å². The lowest BCUT2D eigenvalue weighted by Crippen LogP contribution is -2.50. The lowest BCUT2D eigenvalue weighted by atomic mass is 9.99. The van der Waals surface area contributed by atoms with Crippen LogP contribution in [0.5, 0.6) is 5.75 Å². The summed E-state index contributed by atoms with van der Waals surface area (Å²) in [6.07, 6.45) is 2.94. The molecule has 2 aliphatic heterocycles.